The van der Waals surface area contributed by atoms with Gasteiger partial charge in [0.2, 0.25) is 29.3 Å². The zero-order valence-corrected chi connectivity index (χ0v) is 43.5. The summed E-state index contributed by atoms with van der Waals surface area (Å²) < 4.78 is 41.2. The molecule has 0 spiro atoms. The van der Waals surface area contributed by atoms with Crippen LogP contribution in [0.25, 0.3) is 33.4 Å². The normalized spacial score (nSPS) is 12.1. The van der Waals surface area contributed by atoms with Crippen molar-refractivity contribution in [3.8, 4) is 50.6 Å². The Morgan fingerprint density at radius 3 is 0.844 bits per heavy atom. The molecule has 0 saturated carbocycles. The minimum atomic E-state index is -2.18. The lowest BCUT2D eigenvalue weighted by Gasteiger charge is -2.26. The van der Waals surface area contributed by atoms with Crippen LogP contribution in [0.15, 0.2) is 127 Å². The molecule has 6 rings (SSSR count). The molecule has 0 unspecified atom stereocenters. The molecule has 0 saturated heterocycles. The Hall–Kier alpha value is -4.32. The van der Waals surface area contributed by atoms with Gasteiger partial charge in [-0.25, -0.2) is 0 Å². The zero-order chi connectivity index (χ0) is 46.1. The van der Waals surface area contributed by atoms with Crippen LogP contribution in [-0.4, -0.2) is 29.3 Å². The molecule has 0 aliphatic heterocycles. The van der Waals surface area contributed by atoms with E-state index in [4.69, 9.17) is 26.8 Å². The molecule has 0 amide bonds. The molecule has 332 valence electrons. The van der Waals surface area contributed by atoms with Crippen LogP contribution < -0.4 is 13.6 Å². The maximum Gasteiger partial charge on any atom is 0.530 e. The third-order valence-electron chi connectivity index (χ3n) is 9.93. The highest BCUT2D eigenvalue weighted by atomic mass is 31.2. The van der Waals surface area contributed by atoms with E-state index >= 15 is 0 Å². The summed E-state index contributed by atoms with van der Waals surface area (Å²) >= 11 is 0. The molecule has 6 aromatic rings. The smallest absolute Gasteiger partial charge is 0.412 e. The SMILES string of the molecule is Cc1ccc(OP(Oc2ccc(C)c(-c3ccccc3)c2CO[Si]C(C)(C)C)Oc2ccc(C)c(-c3ccccc3)c2CO[Si]C(C)(C)C)c(CO[Si]C(C)(C)C)c1-c1ccccc1. The van der Waals surface area contributed by atoms with Crippen molar-refractivity contribution in [2.45, 2.75) is 118 Å². The van der Waals surface area contributed by atoms with Gasteiger partial charge in [-0.05, 0) is 104 Å². The van der Waals surface area contributed by atoms with E-state index in [1.165, 1.54) is 0 Å². The lowest BCUT2D eigenvalue weighted by atomic mass is 9.95. The minimum Gasteiger partial charge on any atom is -0.412 e. The summed E-state index contributed by atoms with van der Waals surface area (Å²) in [6.07, 6.45) is 0. The molecule has 0 aromatic heterocycles. The van der Waals surface area contributed by atoms with Crippen molar-refractivity contribution in [1.82, 2.24) is 0 Å². The third-order valence-corrected chi connectivity index (χ3v) is 13.7. The predicted octanol–water partition coefficient (Wildman–Crippen LogP) is 15.4. The summed E-state index contributed by atoms with van der Waals surface area (Å²) in [5.74, 6) is 1.91. The fourth-order valence-corrected chi connectivity index (χ4v) is 10.3. The third kappa shape index (κ3) is 13.8. The van der Waals surface area contributed by atoms with Crippen molar-refractivity contribution in [2.75, 3.05) is 0 Å². The second kappa shape index (κ2) is 21.8. The Kier molecular flexibility index (Phi) is 16.7. The van der Waals surface area contributed by atoms with Gasteiger partial charge in [0.1, 0.15) is 17.2 Å². The highest BCUT2D eigenvalue weighted by Crippen LogP contribution is 2.50. The van der Waals surface area contributed by atoms with Crippen LogP contribution in [0.5, 0.6) is 17.2 Å². The molecule has 0 atom stereocenters. The highest BCUT2D eigenvalue weighted by Gasteiger charge is 2.29. The Labute approximate surface area is 392 Å². The van der Waals surface area contributed by atoms with Crippen LogP contribution in [0, 0.1) is 20.8 Å². The van der Waals surface area contributed by atoms with Gasteiger partial charge in [0.05, 0.1) is 19.8 Å². The number of hydrogen-bond acceptors (Lipinski definition) is 6. The van der Waals surface area contributed by atoms with Crippen molar-refractivity contribution >= 4 is 37.9 Å². The second-order valence-electron chi connectivity index (χ2n) is 19.2. The first-order valence-electron chi connectivity index (χ1n) is 21.9. The van der Waals surface area contributed by atoms with Crippen LogP contribution >= 0.6 is 8.60 Å². The van der Waals surface area contributed by atoms with Crippen LogP contribution in [0.4, 0.5) is 0 Å². The molecule has 6 aromatic carbocycles. The van der Waals surface area contributed by atoms with Crippen molar-refractivity contribution in [1.29, 1.82) is 0 Å². The van der Waals surface area contributed by atoms with E-state index < -0.39 is 8.60 Å². The minimum absolute atomic E-state index is 0.00152. The molecule has 64 heavy (non-hydrogen) atoms. The van der Waals surface area contributed by atoms with Crippen molar-refractivity contribution < 1.29 is 26.8 Å². The maximum absolute atomic E-state index is 7.20. The summed E-state index contributed by atoms with van der Waals surface area (Å²) in [6.45, 7) is 27.2. The largest absolute Gasteiger partial charge is 0.530 e. The van der Waals surface area contributed by atoms with Gasteiger partial charge in [-0.3, -0.25) is 0 Å². The molecule has 0 heterocycles. The van der Waals surface area contributed by atoms with Gasteiger partial charge in [-0.2, -0.15) is 0 Å². The quantitative estimate of drug-likeness (QED) is 0.0632. The first-order valence-corrected chi connectivity index (χ1v) is 25.7. The van der Waals surface area contributed by atoms with Gasteiger partial charge < -0.3 is 26.8 Å². The van der Waals surface area contributed by atoms with E-state index in [0.717, 1.165) is 66.8 Å². The lowest BCUT2D eigenvalue weighted by Crippen LogP contribution is -2.15. The first-order chi connectivity index (χ1) is 30.4. The summed E-state index contributed by atoms with van der Waals surface area (Å²) in [7, 11) is -1.34. The Morgan fingerprint density at radius 1 is 0.359 bits per heavy atom. The summed E-state index contributed by atoms with van der Waals surface area (Å²) in [5, 5.41) is -0.00457. The van der Waals surface area contributed by atoms with Crippen LogP contribution in [-0.2, 0) is 33.1 Å². The van der Waals surface area contributed by atoms with E-state index in [-0.39, 0.29) is 44.4 Å². The van der Waals surface area contributed by atoms with Gasteiger partial charge >= 0.3 is 8.60 Å². The Bertz CT molecular complexity index is 2170. The Balaban J connectivity index is 1.53. The molecular formula is C54H63O6PSi3. The topological polar surface area (TPSA) is 55.4 Å². The number of rotatable bonds is 18. The maximum atomic E-state index is 7.20. The molecule has 0 fully saturated rings. The fraction of sp³-hybridized carbons (Fsp3) is 0.333. The number of aryl methyl sites for hydroxylation is 3. The summed E-state index contributed by atoms with van der Waals surface area (Å²) in [5.41, 5.74) is 12.7. The van der Waals surface area contributed by atoms with Crippen LogP contribution in [0.2, 0.25) is 15.1 Å². The molecule has 0 aliphatic rings. The van der Waals surface area contributed by atoms with E-state index in [2.05, 4.69) is 174 Å². The van der Waals surface area contributed by atoms with Gasteiger partial charge in [0.15, 0.2) is 0 Å². The first kappa shape index (κ1) is 49.1. The van der Waals surface area contributed by atoms with Crippen LogP contribution in [0.1, 0.15) is 95.7 Å². The average Bonchev–Trinajstić information content (AvgIpc) is 3.23. The van der Waals surface area contributed by atoms with Crippen molar-refractivity contribution in [3.63, 3.8) is 0 Å². The monoisotopic (exact) mass is 922 g/mol. The zero-order valence-electron chi connectivity index (χ0n) is 39.6. The van der Waals surface area contributed by atoms with Gasteiger partial charge in [0.25, 0.3) is 0 Å². The number of hydrogen-bond donors (Lipinski definition) is 0. The molecule has 0 aliphatic carbocycles. The molecule has 0 bridgehead atoms. The standard InChI is InChI=1S/C54H63O6PSi3/c1-37-28-31-46(43(34-55-62-52(4,5)6)49(37)40-22-16-13-17-23-40)58-61(59-47-32-29-38(2)50(41-24-18-14-19-25-41)44(47)35-56-63-53(7,8)9)60-48-33-30-39(3)51(42-26-20-15-21-27-42)45(48)36-57-64-54(10,11)12/h13-33H,34-36H2,1-12H3. The van der Waals surface area contributed by atoms with Gasteiger partial charge in [-0.15, -0.1) is 0 Å². The van der Waals surface area contributed by atoms with E-state index in [1.807, 2.05) is 36.4 Å². The summed E-state index contributed by atoms with van der Waals surface area (Å²) in [4.78, 5) is 0. The van der Waals surface area contributed by atoms with E-state index in [9.17, 15) is 0 Å². The number of benzene rings is 6. The van der Waals surface area contributed by atoms with Crippen molar-refractivity contribution in [3.05, 3.63) is 161 Å². The molecule has 0 N–H and O–H groups in total. The van der Waals surface area contributed by atoms with Gasteiger partial charge in [0, 0.05) is 16.7 Å². The van der Waals surface area contributed by atoms with E-state index in [0.29, 0.717) is 37.1 Å². The molecule has 10 heteroatoms. The van der Waals surface area contributed by atoms with E-state index in [1.54, 1.807) is 0 Å². The Morgan fingerprint density at radius 2 is 0.609 bits per heavy atom. The fourth-order valence-electron chi connectivity index (χ4n) is 7.22. The molecule has 6 nitrogen and oxygen atoms in total. The lowest BCUT2D eigenvalue weighted by molar-refractivity contribution is 0.296. The van der Waals surface area contributed by atoms with Crippen LogP contribution in [0.3, 0.4) is 0 Å². The van der Waals surface area contributed by atoms with Gasteiger partial charge in [-0.1, -0.05) is 172 Å². The van der Waals surface area contributed by atoms with Crippen molar-refractivity contribution in [2.24, 2.45) is 0 Å². The average molecular weight is 923 g/mol. The molecular weight excluding hydrogens is 860 g/mol. The predicted molar refractivity (Wildman–Crippen MR) is 269 cm³/mol. The summed E-state index contributed by atoms with van der Waals surface area (Å²) in [6, 6.07) is 43.8. The molecule has 6 radical (unpaired) electrons. The second-order valence-corrected chi connectivity index (χ2v) is 26.2. The highest BCUT2D eigenvalue weighted by molar-refractivity contribution is 7.43.